The summed E-state index contributed by atoms with van der Waals surface area (Å²) in [7, 11) is 0. The molecule has 108 valence electrons. The van der Waals surface area contributed by atoms with E-state index < -0.39 is 0 Å². The van der Waals surface area contributed by atoms with Gasteiger partial charge in [0.05, 0.1) is 16.9 Å². The molecule has 0 aliphatic carbocycles. The zero-order valence-corrected chi connectivity index (χ0v) is 11.8. The largest absolute Gasteiger partial charge is 0.277 e. The Morgan fingerprint density at radius 1 is 1.09 bits per heavy atom. The molecule has 3 rings (SSSR count). The number of fused-ring (bicyclic) bond motifs is 1. The number of pyridine rings is 1. The molecule has 4 heteroatoms. The van der Waals surface area contributed by atoms with E-state index in [1.54, 1.807) is 24.4 Å². The standard InChI is InChI=1S/C18H14FN3/c1-2-16(13-8-10-14(19)11-9-13)21-22-18-7-3-6-17-15(18)5-4-12-20-17/h2-12,22H,1H2/b21-16+. The summed E-state index contributed by atoms with van der Waals surface area (Å²) in [5.41, 5.74) is 6.22. The molecular weight excluding hydrogens is 277 g/mol. The zero-order chi connectivity index (χ0) is 15.4. The van der Waals surface area contributed by atoms with Crippen LogP contribution in [0.25, 0.3) is 10.9 Å². The van der Waals surface area contributed by atoms with Crippen LogP contribution in [0.5, 0.6) is 0 Å². The van der Waals surface area contributed by atoms with Crippen molar-refractivity contribution in [1.82, 2.24) is 4.98 Å². The molecule has 0 amide bonds. The Kier molecular flexibility index (Phi) is 3.92. The van der Waals surface area contributed by atoms with Crippen LogP contribution in [0.4, 0.5) is 10.1 Å². The van der Waals surface area contributed by atoms with Crippen LogP contribution in [-0.4, -0.2) is 10.7 Å². The number of hydrazone groups is 1. The van der Waals surface area contributed by atoms with E-state index in [0.717, 1.165) is 22.2 Å². The maximum atomic E-state index is 13.0. The maximum absolute atomic E-state index is 13.0. The number of hydrogen-bond donors (Lipinski definition) is 1. The van der Waals surface area contributed by atoms with Crippen LogP contribution in [0.15, 0.2) is 78.6 Å². The Morgan fingerprint density at radius 3 is 2.68 bits per heavy atom. The van der Waals surface area contributed by atoms with Gasteiger partial charge in [-0.05, 0) is 54.6 Å². The van der Waals surface area contributed by atoms with E-state index >= 15 is 0 Å². The van der Waals surface area contributed by atoms with Crippen molar-refractivity contribution in [3.05, 3.63) is 84.8 Å². The molecule has 1 N–H and O–H groups in total. The van der Waals surface area contributed by atoms with Crippen LogP contribution < -0.4 is 5.43 Å². The first-order valence-corrected chi connectivity index (χ1v) is 6.84. The van der Waals surface area contributed by atoms with E-state index in [1.165, 1.54) is 12.1 Å². The summed E-state index contributed by atoms with van der Waals surface area (Å²) < 4.78 is 13.0. The summed E-state index contributed by atoms with van der Waals surface area (Å²) in [5, 5.41) is 5.34. The molecule has 3 nitrogen and oxygen atoms in total. The summed E-state index contributed by atoms with van der Waals surface area (Å²) in [5.74, 6) is -0.278. The van der Waals surface area contributed by atoms with Crippen LogP contribution in [-0.2, 0) is 0 Å². The van der Waals surface area contributed by atoms with Gasteiger partial charge in [-0.1, -0.05) is 12.6 Å². The van der Waals surface area contributed by atoms with Crippen molar-refractivity contribution < 1.29 is 4.39 Å². The Balaban J connectivity index is 1.93. The smallest absolute Gasteiger partial charge is 0.123 e. The minimum Gasteiger partial charge on any atom is -0.277 e. The first-order chi connectivity index (χ1) is 10.8. The van der Waals surface area contributed by atoms with E-state index in [2.05, 4.69) is 22.1 Å². The van der Waals surface area contributed by atoms with Crippen molar-refractivity contribution in [1.29, 1.82) is 0 Å². The second kappa shape index (κ2) is 6.18. The summed E-state index contributed by atoms with van der Waals surface area (Å²) >= 11 is 0. The monoisotopic (exact) mass is 291 g/mol. The molecule has 0 saturated heterocycles. The summed E-state index contributed by atoms with van der Waals surface area (Å²) in [4.78, 5) is 4.31. The fraction of sp³-hybridized carbons (Fsp3) is 0. The number of allylic oxidation sites excluding steroid dienone is 1. The third kappa shape index (κ3) is 2.86. The first-order valence-electron chi connectivity index (χ1n) is 6.84. The zero-order valence-electron chi connectivity index (χ0n) is 11.8. The number of nitrogens with zero attached hydrogens (tertiary/aromatic N) is 2. The molecule has 0 aliphatic heterocycles. The molecule has 3 aromatic rings. The predicted octanol–water partition coefficient (Wildman–Crippen LogP) is 4.38. The fourth-order valence-electron chi connectivity index (χ4n) is 2.17. The van der Waals surface area contributed by atoms with Gasteiger partial charge in [0.25, 0.3) is 0 Å². The fourth-order valence-corrected chi connectivity index (χ4v) is 2.17. The third-order valence-corrected chi connectivity index (χ3v) is 3.28. The molecular formula is C18H14FN3. The normalized spacial score (nSPS) is 11.4. The average molecular weight is 291 g/mol. The highest BCUT2D eigenvalue weighted by Crippen LogP contribution is 2.21. The van der Waals surface area contributed by atoms with E-state index in [1.807, 2.05) is 30.3 Å². The van der Waals surface area contributed by atoms with Crippen molar-refractivity contribution in [2.45, 2.75) is 0 Å². The number of benzene rings is 2. The molecule has 0 unspecified atom stereocenters. The Labute approximate surface area is 127 Å². The highest BCUT2D eigenvalue weighted by Gasteiger charge is 2.02. The minimum atomic E-state index is -0.278. The summed E-state index contributed by atoms with van der Waals surface area (Å²) in [6.45, 7) is 3.76. The maximum Gasteiger partial charge on any atom is 0.123 e. The molecule has 0 radical (unpaired) electrons. The molecule has 0 bridgehead atoms. The van der Waals surface area contributed by atoms with Crippen molar-refractivity contribution in [3.63, 3.8) is 0 Å². The van der Waals surface area contributed by atoms with Crippen molar-refractivity contribution in [2.75, 3.05) is 5.43 Å². The molecule has 2 aromatic carbocycles. The Hall–Kier alpha value is -3.01. The SMILES string of the molecule is C=C/C(=N\Nc1cccc2ncccc12)c1ccc(F)cc1. The lowest BCUT2D eigenvalue weighted by molar-refractivity contribution is 0.628. The number of halogens is 1. The predicted molar refractivity (Wildman–Crippen MR) is 88.5 cm³/mol. The van der Waals surface area contributed by atoms with Crippen LogP contribution in [0.2, 0.25) is 0 Å². The van der Waals surface area contributed by atoms with Gasteiger partial charge in [-0.2, -0.15) is 5.10 Å². The van der Waals surface area contributed by atoms with Crippen molar-refractivity contribution in [3.8, 4) is 0 Å². The summed E-state index contributed by atoms with van der Waals surface area (Å²) in [6, 6.07) is 15.8. The van der Waals surface area contributed by atoms with E-state index in [-0.39, 0.29) is 5.82 Å². The Bertz CT molecular complexity index is 833. The van der Waals surface area contributed by atoms with E-state index in [0.29, 0.717) is 5.71 Å². The second-order valence-electron chi connectivity index (χ2n) is 4.70. The number of hydrogen-bond acceptors (Lipinski definition) is 3. The summed E-state index contributed by atoms with van der Waals surface area (Å²) in [6.07, 6.45) is 3.38. The number of nitrogens with one attached hydrogen (secondary N) is 1. The molecule has 1 heterocycles. The van der Waals surface area contributed by atoms with Crippen LogP contribution >= 0.6 is 0 Å². The quantitative estimate of drug-likeness (QED) is 0.572. The Morgan fingerprint density at radius 2 is 1.91 bits per heavy atom. The second-order valence-corrected chi connectivity index (χ2v) is 4.70. The van der Waals surface area contributed by atoms with Crippen LogP contribution in [0.1, 0.15) is 5.56 Å². The molecule has 0 atom stereocenters. The van der Waals surface area contributed by atoms with Gasteiger partial charge < -0.3 is 0 Å². The van der Waals surface area contributed by atoms with Gasteiger partial charge in [-0.15, -0.1) is 0 Å². The van der Waals surface area contributed by atoms with Gasteiger partial charge in [0.2, 0.25) is 0 Å². The number of aromatic nitrogens is 1. The lowest BCUT2D eigenvalue weighted by Gasteiger charge is -2.07. The topological polar surface area (TPSA) is 37.3 Å². The van der Waals surface area contributed by atoms with Gasteiger partial charge in [-0.25, -0.2) is 4.39 Å². The third-order valence-electron chi connectivity index (χ3n) is 3.28. The van der Waals surface area contributed by atoms with E-state index in [9.17, 15) is 4.39 Å². The van der Waals surface area contributed by atoms with Gasteiger partial charge in [0.1, 0.15) is 5.82 Å². The van der Waals surface area contributed by atoms with Crippen LogP contribution in [0, 0.1) is 5.82 Å². The van der Waals surface area contributed by atoms with Gasteiger partial charge in [0, 0.05) is 17.1 Å². The highest BCUT2D eigenvalue weighted by molar-refractivity contribution is 6.08. The number of rotatable bonds is 4. The van der Waals surface area contributed by atoms with Gasteiger partial charge in [-0.3, -0.25) is 10.4 Å². The van der Waals surface area contributed by atoms with E-state index in [4.69, 9.17) is 0 Å². The molecule has 0 aliphatic rings. The van der Waals surface area contributed by atoms with Gasteiger partial charge in [0.15, 0.2) is 0 Å². The van der Waals surface area contributed by atoms with Gasteiger partial charge >= 0.3 is 0 Å². The first kappa shape index (κ1) is 13.9. The molecule has 1 aromatic heterocycles. The number of anilines is 1. The highest BCUT2D eigenvalue weighted by atomic mass is 19.1. The van der Waals surface area contributed by atoms with Crippen molar-refractivity contribution >= 4 is 22.3 Å². The molecule has 0 fully saturated rings. The lowest BCUT2D eigenvalue weighted by atomic mass is 10.1. The minimum absolute atomic E-state index is 0.278. The van der Waals surface area contributed by atoms with Crippen molar-refractivity contribution in [2.24, 2.45) is 5.10 Å². The molecule has 0 spiro atoms. The van der Waals surface area contributed by atoms with Crippen LogP contribution in [0.3, 0.4) is 0 Å². The lowest BCUT2D eigenvalue weighted by Crippen LogP contribution is -2.01. The average Bonchev–Trinajstić information content (AvgIpc) is 2.57. The molecule has 22 heavy (non-hydrogen) atoms. The molecule has 0 saturated carbocycles.